The number of anilines is 1. The first-order valence-corrected chi connectivity index (χ1v) is 9.45. The first-order chi connectivity index (χ1) is 12.7. The molecule has 142 valence electrons. The predicted molar refractivity (Wildman–Crippen MR) is 111 cm³/mol. The van der Waals surface area contributed by atoms with Crippen LogP contribution in [0.4, 0.5) is 5.69 Å². The zero-order chi connectivity index (χ0) is 18.1. The maximum Gasteiger partial charge on any atom is 0.240 e. The summed E-state index contributed by atoms with van der Waals surface area (Å²) in [5.41, 5.74) is 6.06. The minimum Gasteiger partial charge on any atom is -1.00 e. The SMILES string of the molecule is CC(C)NCCCNc1c2ccccc2[n+](C)c2c1[nH]c1ccccc12.[Cl-]. The Morgan fingerprint density at radius 3 is 2.44 bits per heavy atom. The first-order valence-electron chi connectivity index (χ1n) is 9.45. The van der Waals surface area contributed by atoms with Gasteiger partial charge in [-0.25, -0.2) is 0 Å². The fourth-order valence-corrected chi connectivity index (χ4v) is 3.77. The predicted octanol–water partition coefficient (Wildman–Crippen LogP) is 1.10. The van der Waals surface area contributed by atoms with E-state index in [0.717, 1.165) is 19.5 Å². The van der Waals surface area contributed by atoms with Gasteiger partial charge in [-0.2, -0.15) is 4.57 Å². The Morgan fingerprint density at radius 1 is 0.963 bits per heavy atom. The third-order valence-corrected chi connectivity index (χ3v) is 5.01. The van der Waals surface area contributed by atoms with E-state index < -0.39 is 0 Å². The van der Waals surface area contributed by atoms with Crippen molar-refractivity contribution in [1.29, 1.82) is 0 Å². The standard InChI is InChI=1S/C22H26N4.ClH/c1-15(2)23-13-8-14-24-20-17-10-5-7-12-19(17)26(3)22-16-9-4-6-11-18(16)25-21(20)22;/h4-7,9-12,15,23H,8,13-14H2,1-3H3,(H,24,25);1H. The molecule has 2 aromatic carbocycles. The van der Waals surface area contributed by atoms with Crippen molar-refractivity contribution in [1.82, 2.24) is 10.3 Å². The third kappa shape index (κ3) is 3.60. The molecule has 2 heterocycles. The molecule has 4 aromatic rings. The Bertz CT molecular complexity index is 1070. The molecule has 0 saturated heterocycles. The van der Waals surface area contributed by atoms with Crippen molar-refractivity contribution in [2.75, 3.05) is 18.4 Å². The van der Waals surface area contributed by atoms with Gasteiger partial charge >= 0.3 is 0 Å². The average Bonchev–Trinajstić information content (AvgIpc) is 3.03. The molecular weight excluding hydrogens is 356 g/mol. The summed E-state index contributed by atoms with van der Waals surface area (Å²) >= 11 is 0. The number of rotatable bonds is 6. The summed E-state index contributed by atoms with van der Waals surface area (Å²) in [6.07, 6.45) is 1.09. The number of H-pyrrole nitrogens is 1. The lowest BCUT2D eigenvalue weighted by atomic mass is 10.1. The van der Waals surface area contributed by atoms with Crippen molar-refractivity contribution in [3.05, 3.63) is 48.5 Å². The Balaban J connectivity index is 0.00000210. The van der Waals surface area contributed by atoms with Crippen LogP contribution >= 0.6 is 0 Å². The summed E-state index contributed by atoms with van der Waals surface area (Å²) in [6, 6.07) is 17.7. The Morgan fingerprint density at radius 2 is 1.67 bits per heavy atom. The van der Waals surface area contributed by atoms with E-state index in [0.29, 0.717) is 6.04 Å². The molecule has 0 spiro atoms. The molecule has 0 radical (unpaired) electrons. The highest BCUT2D eigenvalue weighted by atomic mass is 35.5. The largest absolute Gasteiger partial charge is 1.00 e. The van der Waals surface area contributed by atoms with Gasteiger partial charge in [0.25, 0.3) is 0 Å². The van der Waals surface area contributed by atoms with E-state index >= 15 is 0 Å². The van der Waals surface area contributed by atoms with E-state index in [2.05, 4.69) is 89.6 Å². The van der Waals surface area contributed by atoms with Crippen LogP contribution in [0.15, 0.2) is 48.5 Å². The molecule has 0 saturated carbocycles. The molecule has 4 nitrogen and oxygen atoms in total. The van der Waals surface area contributed by atoms with Crippen molar-refractivity contribution in [2.24, 2.45) is 7.05 Å². The second-order valence-electron chi connectivity index (χ2n) is 7.23. The van der Waals surface area contributed by atoms with Crippen molar-refractivity contribution in [3.63, 3.8) is 0 Å². The summed E-state index contributed by atoms with van der Waals surface area (Å²) in [4.78, 5) is 3.64. The van der Waals surface area contributed by atoms with Crippen molar-refractivity contribution in [2.45, 2.75) is 26.3 Å². The summed E-state index contributed by atoms with van der Waals surface area (Å²) in [5, 5.41) is 9.71. The highest BCUT2D eigenvalue weighted by Crippen LogP contribution is 2.33. The van der Waals surface area contributed by atoms with Gasteiger partial charge in [-0.15, -0.1) is 0 Å². The topological polar surface area (TPSA) is 43.7 Å². The first kappa shape index (κ1) is 19.5. The van der Waals surface area contributed by atoms with E-state index in [-0.39, 0.29) is 12.4 Å². The van der Waals surface area contributed by atoms with Crippen LogP contribution in [-0.2, 0) is 7.05 Å². The number of para-hydroxylation sites is 2. The van der Waals surface area contributed by atoms with Crippen LogP contribution in [0.1, 0.15) is 20.3 Å². The number of hydrogen-bond donors (Lipinski definition) is 3. The van der Waals surface area contributed by atoms with Crippen LogP contribution in [-0.4, -0.2) is 24.1 Å². The quantitative estimate of drug-likeness (QED) is 0.345. The van der Waals surface area contributed by atoms with Crippen LogP contribution in [0.3, 0.4) is 0 Å². The number of nitrogens with one attached hydrogen (secondary N) is 3. The summed E-state index contributed by atoms with van der Waals surface area (Å²) < 4.78 is 2.30. The number of aromatic nitrogens is 2. The maximum atomic E-state index is 3.71. The number of fused-ring (bicyclic) bond motifs is 4. The molecule has 0 bridgehead atoms. The molecule has 0 amide bonds. The lowest BCUT2D eigenvalue weighted by Crippen LogP contribution is -3.00. The lowest BCUT2D eigenvalue weighted by Gasteiger charge is -2.12. The number of benzene rings is 2. The van der Waals surface area contributed by atoms with Crippen molar-refractivity contribution in [3.8, 4) is 0 Å². The Hall–Kier alpha value is -2.30. The van der Waals surface area contributed by atoms with Crippen LogP contribution < -0.4 is 27.6 Å². The van der Waals surface area contributed by atoms with Gasteiger partial charge in [-0.3, -0.25) is 0 Å². The van der Waals surface area contributed by atoms with Crippen LogP contribution in [0.25, 0.3) is 32.8 Å². The zero-order valence-electron chi connectivity index (χ0n) is 16.1. The number of hydrogen-bond acceptors (Lipinski definition) is 2. The number of pyridine rings is 1. The Kier molecular flexibility index (Phi) is 5.88. The molecule has 27 heavy (non-hydrogen) atoms. The van der Waals surface area contributed by atoms with E-state index in [1.165, 1.54) is 38.5 Å². The van der Waals surface area contributed by atoms with Gasteiger partial charge < -0.3 is 28.0 Å². The zero-order valence-corrected chi connectivity index (χ0v) is 16.9. The highest BCUT2D eigenvalue weighted by Gasteiger charge is 2.21. The van der Waals surface area contributed by atoms with Crippen molar-refractivity contribution >= 4 is 38.5 Å². The van der Waals surface area contributed by atoms with E-state index in [9.17, 15) is 0 Å². The number of halogens is 1. The highest BCUT2D eigenvalue weighted by molar-refractivity contribution is 6.13. The van der Waals surface area contributed by atoms with Crippen LogP contribution in [0.2, 0.25) is 0 Å². The molecule has 0 fully saturated rings. The minimum atomic E-state index is 0. The molecule has 0 aliphatic heterocycles. The molecule has 0 aliphatic carbocycles. The minimum absolute atomic E-state index is 0. The second kappa shape index (κ2) is 8.15. The van der Waals surface area contributed by atoms with E-state index in [1.807, 2.05) is 0 Å². The number of nitrogens with zero attached hydrogens (tertiary/aromatic N) is 1. The normalized spacial score (nSPS) is 11.4. The van der Waals surface area contributed by atoms with Gasteiger partial charge in [-0.05, 0) is 31.2 Å². The molecule has 2 aromatic heterocycles. The lowest BCUT2D eigenvalue weighted by molar-refractivity contribution is -0.616. The van der Waals surface area contributed by atoms with Gasteiger partial charge in [0.1, 0.15) is 12.6 Å². The Labute approximate surface area is 166 Å². The molecule has 0 aliphatic rings. The smallest absolute Gasteiger partial charge is 0.240 e. The van der Waals surface area contributed by atoms with Gasteiger partial charge in [-0.1, -0.05) is 38.1 Å². The molecule has 0 atom stereocenters. The number of aromatic amines is 1. The summed E-state index contributed by atoms with van der Waals surface area (Å²) in [6.45, 7) is 6.35. The maximum absolute atomic E-state index is 3.71. The molecule has 4 rings (SSSR count). The monoisotopic (exact) mass is 382 g/mol. The molecule has 3 N–H and O–H groups in total. The molecular formula is C22H27ClN4. The van der Waals surface area contributed by atoms with E-state index in [4.69, 9.17) is 0 Å². The fourth-order valence-electron chi connectivity index (χ4n) is 3.77. The number of aryl methyl sites for hydroxylation is 1. The van der Waals surface area contributed by atoms with Crippen LogP contribution in [0.5, 0.6) is 0 Å². The fraction of sp³-hybridized carbons (Fsp3) is 0.318. The van der Waals surface area contributed by atoms with Gasteiger partial charge in [0.2, 0.25) is 11.0 Å². The van der Waals surface area contributed by atoms with Crippen molar-refractivity contribution < 1.29 is 17.0 Å². The summed E-state index contributed by atoms with van der Waals surface area (Å²) in [5.74, 6) is 0. The third-order valence-electron chi connectivity index (χ3n) is 5.01. The second-order valence-corrected chi connectivity index (χ2v) is 7.23. The van der Waals surface area contributed by atoms with Crippen LogP contribution in [0, 0.1) is 0 Å². The summed E-state index contributed by atoms with van der Waals surface area (Å²) in [7, 11) is 2.15. The van der Waals surface area contributed by atoms with Gasteiger partial charge in [0.15, 0.2) is 0 Å². The average molecular weight is 383 g/mol. The molecule has 0 unspecified atom stereocenters. The molecule has 5 heteroatoms. The van der Waals surface area contributed by atoms with E-state index in [1.54, 1.807) is 0 Å². The van der Waals surface area contributed by atoms with Gasteiger partial charge in [0, 0.05) is 18.7 Å². The van der Waals surface area contributed by atoms with Gasteiger partial charge in [0.05, 0.1) is 22.0 Å².